The first kappa shape index (κ1) is 16.1. The van der Waals surface area contributed by atoms with E-state index >= 15 is 0 Å². The smallest absolute Gasteiger partial charge is 0.318 e. The van der Waals surface area contributed by atoms with Gasteiger partial charge in [-0.15, -0.1) is 0 Å². The van der Waals surface area contributed by atoms with Gasteiger partial charge in [0.2, 0.25) is 0 Å². The van der Waals surface area contributed by atoms with E-state index in [2.05, 4.69) is 12.2 Å². The second kappa shape index (κ2) is 5.58. The van der Waals surface area contributed by atoms with Gasteiger partial charge in [0.1, 0.15) is 0 Å². The lowest BCUT2D eigenvalue weighted by Crippen LogP contribution is -2.63. The molecule has 2 heterocycles. The molecule has 3 unspecified atom stereocenters. The van der Waals surface area contributed by atoms with Gasteiger partial charge in [-0.1, -0.05) is 18.5 Å². The molecule has 1 aromatic carbocycles. The minimum Gasteiger partial charge on any atom is -0.318 e. The number of hydrogen-bond acceptors (Lipinski definition) is 1. The van der Waals surface area contributed by atoms with Crippen LogP contribution in [0.4, 0.5) is 19.3 Å². The van der Waals surface area contributed by atoms with E-state index in [1.54, 1.807) is 18.2 Å². The number of nitrogens with zero attached hydrogens (tertiary/aromatic N) is 1. The summed E-state index contributed by atoms with van der Waals surface area (Å²) in [5.41, 5.74) is 0.975. The van der Waals surface area contributed by atoms with Crippen molar-refractivity contribution in [2.45, 2.75) is 63.0 Å². The van der Waals surface area contributed by atoms with Crippen molar-refractivity contribution in [2.75, 3.05) is 5.32 Å². The third-order valence-corrected chi connectivity index (χ3v) is 6.16. The first-order chi connectivity index (χ1) is 11.3. The number of halogens is 3. The van der Waals surface area contributed by atoms with Gasteiger partial charge in [-0.2, -0.15) is 0 Å². The normalized spacial score (nSPS) is 33.4. The van der Waals surface area contributed by atoms with Crippen molar-refractivity contribution in [3.63, 3.8) is 0 Å². The topological polar surface area (TPSA) is 32.3 Å². The van der Waals surface area contributed by atoms with Gasteiger partial charge in [-0.05, 0) is 55.4 Å². The number of carbonyl (C=O) groups excluding carboxylic acids is 1. The van der Waals surface area contributed by atoms with Crippen LogP contribution in [0.15, 0.2) is 18.2 Å². The van der Waals surface area contributed by atoms with E-state index in [1.807, 2.05) is 4.90 Å². The maximum Gasteiger partial charge on any atom is 0.322 e. The van der Waals surface area contributed by atoms with Gasteiger partial charge in [-0.25, -0.2) is 13.6 Å². The molecule has 2 aliphatic heterocycles. The summed E-state index contributed by atoms with van der Waals surface area (Å²) in [6.07, 6.45) is 3.50. The summed E-state index contributed by atoms with van der Waals surface area (Å²) in [6.45, 7) is 2.22. The van der Waals surface area contributed by atoms with Crippen LogP contribution in [0, 0.1) is 5.92 Å². The Balaban J connectivity index is 1.48. The Kier molecular flexibility index (Phi) is 3.75. The van der Waals surface area contributed by atoms with E-state index in [0.717, 1.165) is 19.3 Å². The Morgan fingerprint density at radius 1 is 1.29 bits per heavy atom. The fraction of sp³-hybridized carbons (Fsp3) is 0.611. The molecule has 3 nitrogen and oxygen atoms in total. The summed E-state index contributed by atoms with van der Waals surface area (Å²) in [7, 11) is 0. The van der Waals surface area contributed by atoms with Crippen LogP contribution < -0.4 is 5.32 Å². The number of hydrogen-bond donors (Lipinski definition) is 1. The molecular formula is C18H21ClF2N2O. The van der Waals surface area contributed by atoms with Gasteiger partial charge in [-0.3, -0.25) is 0 Å². The lowest BCUT2D eigenvalue weighted by molar-refractivity contribution is -0.0961. The summed E-state index contributed by atoms with van der Waals surface area (Å²) < 4.78 is 27.4. The highest BCUT2D eigenvalue weighted by Crippen LogP contribution is 2.52. The number of rotatable bonds is 2. The van der Waals surface area contributed by atoms with Crippen LogP contribution in [0.3, 0.4) is 0 Å². The Bertz CT molecular complexity index is 669. The lowest BCUT2D eigenvalue weighted by atomic mass is 9.74. The number of piperidine rings is 1. The van der Waals surface area contributed by atoms with Crippen LogP contribution in [-0.4, -0.2) is 28.9 Å². The van der Waals surface area contributed by atoms with Gasteiger partial charge in [0, 0.05) is 35.1 Å². The Labute approximate surface area is 145 Å². The maximum absolute atomic E-state index is 13.7. The number of fused-ring (bicyclic) bond motifs is 2. The number of nitrogens with one attached hydrogen (secondary N) is 1. The fourth-order valence-corrected chi connectivity index (χ4v) is 4.69. The van der Waals surface area contributed by atoms with E-state index < -0.39 is 11.8 Å². The van der Waals surface area contributed by atoms with Crippen molar-refractivity contribution in [1.29, 1.82) is 0 Å². The van der Waals surface area contributed by atoms with Gasteiger partial charge in [0.25, 0.3) is 5.92 Å². The average molecular weight is 355 g/mol. The molecular weight excluding hydrogens is 334 g/mol. The number of alkyl halides is 2. The number of carbonyl (C=O) groups is 1. The molecule has 2 bridgehead atoms. The summed E-state index contributed by atoms with van der Waals surface area (Å²) in [5, 5.41) is 3.21. The van der Waals surface area contributed by atoms with Gasteiger partial charge < -0.3 is 10.2 Å². The zero-order chi connectivity index (χ0) is 17.1. The summed E-state index contributed by atoms with van der Waals surface area (Å²) in [6, 6.07) is 5.40. The third-order valence-electron chi connectivity index (χ3n) is 5.81. The highest BCUT2D eigenvalue weighted by Gasteiger charge is 2.50. The molecule has 4 atom stereocenters. The molecule has 1 aromatic rings. The van der Waals surface area contributed by atoms with Crippen LogP contribution in [-0.2, 0) is 0 Å². The molecule has 0 aromatic heterocycles. The summed E-state index contributed by atoms with van der Waals surface area (Å²) in [5.74, 6) is -2.87. The van der Waals surface area contributed by atoms with E-state index in [0.29, 0.717) is 40.7 Å². The molecule has 6 heteroatoms. The quantitative estimate of drug-likeness (QED) is 0.772. The van der Waals surface area contributed by atoms with E-state index in [1.165, 1.54) is 0 Å². The average Bonchev–Trinajstić information content (AvgIpc) is 2.49. The Hall–Kier alpha value is -1.36. The van der Waals surface area contributed by atoms with Gasteiger partial charge in [0.05, 0.1) is 0 Å². The molecule has 4 fully saturated rings. The Morgan fingerprint density at radius 2 is 2.00 bits per heavy atom. The molecule has 2 amide bonds. The molecule has 5 rings (SSSR count). The number of amides is 2. The molecule has 24 heavy (non-hydrogen) atoms. The molecule has 4 aliphatic rings. The van der Waals surface area contributed by atoms with Crippen molar-refractivity contribution in [2.24, 2.45) is 5.92 Å². The summed E-state index contributed by atoms with van der Waals surface area (Å²) in [4.78, 5) is 14.4. The molecule has 1 N–H and O–H groups in total. The highest BCUT2D eigenvalue weighted by molar-refractivity contribution is 6.31. The van der Waals surface area contributed by atoms with Crippen LogP contribution in [0.1, 0.15) is 50.5 Å². The van der Waals surface area contributed by atoms with E-state index in [4.69, 9.17) is 11.6 Å². The minimum atomic E-state index is -2.70. The van der Waals surface area contributed by atoms with Gasteiger partial charge >= 0.3 is 6.03 Å². The highest BCUT2D eigenvalue weighted by atomic mass is 35.5. The molecule has 0 radical (unpaired) electrons. The van der Waals surface area contributed by atoms with Crippen LogP contribution >= 0.6 is 11.6 Å². The van der Waals surface area contributed by atoms with Crippen LogP contribution in [0.2, 0.25) is 5.02 Å². The monoisotopic (exact) mass is 354 g/mol. The number of anilines is 1. The number of benzene rings is 1. The van der Waals surface area contributed by atoms with Crippen LogP contribution in [0.5, 0.6) is 0 Å². The second-order valence-corrected chi connectivity index (χ2v) is 7.95. The van der Waals surface area contributed by atoms with Crippen molar-refractivity contribution < 1.29 is 13.6 Å². The SMILES string of the molecule is CC1CC2C[C@@H](C1)N2C(=O)Nc1ccc(Cl)c(C2CCC2(F)F)c1. The molecule has 2 aliphatic carbocycles. The minimum absolute atomic E-state index is 0.0973. The fourth-order valence-electron chi connectivity index (χ4n) is 4.44. The van der Waals surface area contributed by atoms with Gasteiger partial charge in [0.15, 0.2) is 0 Å². The number of urea groups is 1. The Morgan fingerprint density at radius 3 is 2.58 bits per heavy atom. The predicted molar refractivity (Wildman–Crippen MR) is 89.8 cm³/mol. The lowest BCUT2D eigenvalue weighted by Gasteiger charge is -2.54. The van der Waals surface area contributed by atoms with Crippen LogP contribution in [0.25, 0.3) is 0 Å². The maximum atomic E-state index is 13.7. The van der Waals surface area contributed by atoms with E-state index in [9.17, 15) is 13.6 Å². The van der Waals surface area contributed by atoms with Crippen molar-refractivity contribution in [3.05, 3.63) is 28.8 Å². The third kappa shape index (κ3) is 2.57. The second-order valence-electron chi connectivity index (χ2n) is 7.55. The van der Waals surface area contributed by atoms with Crippen molar-refractivity contribution >= 4 is 23.3 Å². The first-order valence-electron chi connectivity index (χ1n) is 8.62. The first-order valence-corrected chi connectivity index (χ1v) is 8.99. The molecule has 2 saturated heterocycles. The standard InChI is InChI=1S/C18H21ClF2N2O/c1-10-6-12-9-13(7-10)23(12)17(24)22-11-2-3-16(19)14(8-11)15-4-5-18(15,20)21/h2-3,8,10,12-13,15H,4-7,9H2,1H3,(H,22,24)/t10?,12-,13?,15?/m1/s1. The predicted octanol–water partition coefficient (Wildman–Crippen LogP) is 5.26. The summed E-state index contributed by atoms with van der Waals surface area (Å²) >= 11 is 6.11. The van der Waals surface area contributed by atoms with Crippen molar-refractivity contribution in [1.82, 2.24) is 4.90 Å². The molecule has 130 valence electrons. The van der Waals surface area contributed by atoms with E-state index in [-0.39, 0.29) is 12.5 Å². The zero-order valence-electron chi connectivity index (χ0n) is 13.6. The van der Waals surface area contributed by atoms with Crippen molar-refractivity contribution in [3.8, 4) is 0 Å². The zero-order valence-corrected chi connectivity index (χ0v) is 14.3. The largest absolute Gasteiger partial charge is 0.322 e. The molecule has 2 saturated carbocycles. The molecule has 0 spiro atoms.